The van der Waals surface area contributed by atoms with Gasteiger partial charge < -0.3 is 5.11 Å². The summed E-state index contributed by atoms with van der Waals surface area (Å²) in [7, 11) is 0. The van der Waals surface area contributed by atoms with Crippen LogP contribution in [0.15, 0.2) is 53.0 Å². The van der Waals surface area contributed by atoms with E-state index in [2.05, 4.69) is 15.9 Å². The van der Waals surface area contributed by atoms with Crippen LogP contribution in [0.4, 0.5) is 4.39 Å². The van der Waals surface area contributed by atoms with Gasteiger partial charge in [0, 0.05) is 4.47 Å². The second kappa shape index (κ2) is 6.12. The third-order valence-electron chi connectivity index (χ3n) is 2.72. The smallest absolute Gasteiger partial charge is 0.123 e. The van der Waals surface area contributed by atoms with E-state index in [0.717, 1.165) is 15.6 Å². The van der Waals surface area contributed by atoms with Crippen molar-refractivity contribution in [2.75, 3.05) is 0 Å². The lowest BCUT2D eigenvalue weighted by atomic mass is 10.0. The van der Waals surface area contributed by atoms with Crippen molar-refractivity contribution in [3.63, 3.8) is 0 Å². The Labute approximate surface area is 114 Å². The van der Waals surface area contributed by atoms with Gasteiger partial charge in [0.1, 0.15) is 5.82 Å². The van der Waals surface area contributed by atoms with Crippen LogP contribution < -0.4 is 0 Å². The summed E-state index contributed by atoms with van der Waals surface area (Å²) in [6, 6.07) is 14.2. The molecular formula is C15H14BrFO. The minimum atomic E-state index is -0.499. The number of aliphatic hydroxyl groups is 1. The van der Waals surface area contributed by atoms with E-state index in [0.29, 0.717) is 12.8 Å². The molecule has 1 nitrogen and oxygen atoms in total. The van der Waals surface area contributed by atoms with Gasteiger partial charge in [-0.05, 0) is 48.2 Å². The van der Waals surface area contributed by atoms with Crippen LogP contribution in [-0.2, 0) is 12.8 Å². The molecule has 0 amide bonds. The molecule has 0 saturated heterocycles. The molecule has 2 rings (SSSR count). The van der Waals surface area contributed by atoms with Gasteiger partial charge in [0.05, 0.1) is 6.10 Å². The molecule has 0 aromatic heterocycles. The maximum atomic E-state index is 13.0. The first kappa shape index (κ1) is 13.2. The zero-order chi connectivity index (χ0) is 13.0. The molecule has 2 aromatic carbocycles. The summed E-state index contributed by atoms with van der Waals surface area (Å²) >= 11 is 3.40. The molecule has 1 N–H and O–H groups in total. The van der Waals surface area contributed by atoms with Crippen LogP contribution >= 0.6 is 15.9 Å². The van der Waals surface area contributed by atoms with Crippen LogP contribution in [0.3, 0.4) is 0 Å². The zero-order valence-corrected chi connectivity index (χ0v) is 11.4. The lowest BCUT2D eigenvalue weighted by molar-refractivity contribution is 0.175. The monoisotopic (exact) mass is 308 g/mol. The van der Waals surface area contributed by atoms with Crippen LogP contribution in [0.25, 0.3) is 0 Å². The van der Waals surface area contributed by atoms with Crippen LogP contribution in [0, 0.1) is 5.82 Å². The minimum absolute atomic E-state index is 0.262. The molecule has 2 aromatic rings. The van der Waals surface area contributed by atoms with Crippen LogP contribution in [0.2, 0.25) is 0 Å². The molecule has 0 aliphatic rings. The van der Waals surface area contributed by atoms with Gasteiger partial charge in [0.25, 0.3) is 0 Å². The first-order chi connectivity index (χ1) is 8.63. The predicted molar refractivity (Wildman–Crippen MR) is 74.0 cm³/mol. The third kappa shape index (κ3) is 3.93. The van der Waals surface area contributed by atoms with Gasteiger partial charge in [-0.25, -0.2) is 4.39 Å². The molecule has 94 valence electrons. The molecule has 0 aliphatic heterocycles. The Bertz CT molecular complexity index is 480. The molecule has 0 saturated carbocycles. The fourth-order valence-corrected chi connectivity index (χ4v) is 2.39. The second-order valence-electron chi connectivity index (χ2n) is 4.32. The Morgan fingerprint density at radius 3 is 2.22 bits per heavy atom. The van der Waals surface area contributed by atoms with Gasteiger partial charge >= 0.3 is 0 Å². The van der Waals surface area contributed by atoms with Crippen LogP contribution in [0.1, 0.15) is 11.1 Å². The lowest BCUT2D eigenvalue weighted by Crippen LogP contribution is -2.14. The highest BCUT2D eigenvalue weighted by Crippen LogP contribution is 2.15. The Balaban J connectivity index is 1.98. The first-order valence-electron chi connectivity index (χ1n) is 5.80. The molecule has 0 radical (unpaired) electrons. The highest BCUT2D eigenvalue weighted by Gasteiger charge is 2.07. The molecular weight excluding hydrogens is 295 g/mol. The summed E-state index contributed by atoms with van der Waals surface area (Å²) in [6.45, 7) is 0. The maximum absolute atomic E-state index is 13.0. The summed E-state index contributed by atoms with van der Waals surface area (Å²) in [4.78, 5) is 0. The van der Waals surface area contributed by atoms with E-state index < -0.39 is 6.10 Å². The Hall–Kier alpha value is -1.19. The van der Waals surface area contributed by atoms with E-state index in [4.69, 9.17) is 0 Å². The number of halogens is 2. The average Bonchev–Trinajstić information content (AvgIpc) is 2.28. The highest BCUT2D eigenvalue weighted by molar-refractivity contribution is 9.10. The maximum Gasteiger partial charge on any atom is 0.123 e. The number of benzene rings is 2. The lowest BCUT2D eigenvalue weighted by Gasteiger charge is -2.11. The van der Waals surface area contributed by atoms with Gasteiger partial charge in [-0.2, -0.15) is 0 Å². The van der Waals surface area contributed by atoms with Crippen molar-refractivity contribution in [3.8, 4) is 0 Å². The van der Waals surface area contributed by atoms with Crippen molar-refractivity contribution in [1.29, 1.82) is 0 Å². The second-order valence-corrected chi connectivity index (χ2v) is 5.24. The molecule has 1 unspecified atom stereocenters. The van der Waals surface area contributed by atoms with Crippen molar-refractivity contribution in [3.05, 3.63) is 69.9 Å². The molecule has 0 bridgehead atoms. The summed E-state index contributed by atoms with van der Waals surface area (Å²) < 4.78 is 14.0. The van der Waals surface area contributed by atoms with Crippen molar-refractivity contribution in [2.45, 2.75) is 18.9 Å². The van der Waals surface area contributed by atoms with Gasteiger partial charge in [-0.1, -0.05) is 40.2 Å². The molecule has 18 heavy (non-hydrogen) atoms. The number of rotatable bonds is 4. The normalized spacial score (nSPS) is 12.4. The summed E-state index contributed by atoms with van der Waals surface area (Å²) in [5.74, 6) is -0.262. The quantitative estimate of drug-likeness (QED) is 0.912. The Morgan fingerprint density at radius 2 is 1.61 bits per heavy atom. The summed E-state index contributed by atoms with van der Waals surface area (Å²) in [5, 5.41) is 10.0. The van der Waals surface area contributed by atoms with Gasteiger partial charge in [-0.15, -0.1) is 0 Å². The molecule has 0 fully saturated rings. The SMILES string of the molecule is OC(Cc1cccc(F)c1)Cc1cccc(Br)c1. The van der Waals surface area contributed by atoms with Crippen molar-refractivity contribution < 1.29 is 9.50 Å². The van der Waals surface area contributed by atoms with Gasteiger partial charge in [0.2, 0.25) is 0 Å². The molecule has 1 atom stereocenters. The zero-order valence-electron chi connectivity index (χ0n) is 9.81. The highest BCUT2D eigenvalue weighted by atomic mass is 79.9. The fourth-order valence-electron chi connectivity index (χ4n) is 1.94. The molecule has 0 spiro atoms. The Morgan fingerprint density at radius 1 is 1.00 bits per heavy atom. The number of hydrogen-bond donors (Lipinski definition) is 1. The first-order valence-corrected chi connectivity index (χ1v) is 6.60. The predicted octanol–water partition coefficient (Wildman–Crippen LogP) is 3.73. The van der Waals surface area contributed by atoms with Crippen LogP contribution in [-0.4, -0.2) is 11.2 Å². The van der Waals surface area contributed by atoms with E-state index in [1.54, 1.807) is 6.07 Å². The fraction of sp³-hybridized carbons (Fsp3) is 0.200. The average molecular weight is 309 g/mol. The molecule has 0 aliphatic carbocycles. The van der Waals surface area contributed by atoms with Gasteiger partial charge in [-0.3, -0.25) is 0 Å². The third-order valence-corrected chi connectivity index (χ3v) is 3.21. The number of hydrogen-bond acceptors (Lipinski definition) is 1. The minimum Gasteiger partial charge on any atom is -0.392 e. The van der Waals surface area contributed by atoms with Crippen molar-refractivity contribution >= 4 is 15.9 Å². The van der Waals surface area contributed by atoms with Crippen molar-refractivity contribution in [2.24, 2.45) is 0 Å². The summed E-state index contributed by atoms with van der Waals surface area (Å²) in [5.41, 5.74) is 1.88. The Kier molecular flexibility index (Phi) is 4.50. The molecule has 3 heteroatoms. The van der Waals surface area contributed by atoms with Crippen LogP contribution in [0.5, 0.6) is 0 Å². The summed E-state index contributed by atoms with van der Waals surface area (Å²) in [6.07, 6.45) is 0.529. The largest absolute Gasteiger partial charge is 0.392 e. The standard InChI is InChI=1S/C15H14BrFO/c16-13-5-1-3-11(7-13)9-15(18)10-12-4-2-6-14(17)8-12/h1-8,15,18H,9-10H2. The molecule has 0 heterocycles. The number of aliphatic hydroxyl groups excluding tert-OH is 1. The van der Waals surface area contributed by atoms with E-state index in [-0.39, 0.29) is 5.82 Å². The topological polar surface area (TPSA) is 20.2 Å². The van der Waals surface area contributed by atoms with E-state index in [1.807, 2.05) is 30.3 Å². The van der Waals surface area contributed by atoms with Gasteiger partial charge in [0.15, 0.2) is 0 Å². The van der Waals surface area contributed by atoms with Crippen molar-refractivity contribution in [1.82, 2.24) is 0 Å². The van der Waals surface area contributed by atoms with E-state index in [1.165, 1.54) is 12.1 Å². The van der Waals surface area contributed by atoms with E-state index >= 15 is 0 Å². The van der Waals surface area contributed by atoms with E-state index in [9.17, 15) is 9.50 Å².